The average molecular weight is 457 g/mol. The van der Waals surface area contributed by atoms with Crippen LogP contribution in [-0.2, 0) is 11.3 Å². The predicted octanol–water partition coefficient (Wildman–Crippen LogP) is 3.34. The summed E-state index contributed by atoms with van der Waals surface area (Å²) in [6.07, 6.45) is 1.50. The third kappa shape index (κ3) is 5.06. The van der Waals surface area contributed by atoms with Crippen LogP contribution in [0.1, 0.15) is 33.2 Å². The minimum Gasteiger partial charge on any atom is -0.497 e. The van der Waals surface area contributed by atoms with E-state index in [9.17, 15) is 9.59 Å². The topological polar surface area (TPSA) is 107 Å². The van der Waals surface area contributed by atoms with Gasteiger partial charge in [0.1, 0.15) is 16.6 Å². The molecule has 0 unspecified atom stereocenters. The quantitative estimate of drug-likeness (QED) is 0.304. The van der Waals surface area contributed by atoms with Crippen LogP contribution in [0, 0.1) is 12.8 Å². The summed E-state index contributed by atoms with van der Waals surface area (Å²) in [5.41, 5.74) is 6.57. The van der Waals surface area contributed by atoms with Crippen molar-refractivity contribution in [3.8, 4) is 5.75 Å². The number of hydrogen-bond donors (Lipinski definition) is 2. The summed E-state index contributed by atoms with van der Waals surface area (Å²) >= 11 is 2.81. The summed E-state index contributed by atoms with van der Waals surface area (Å²) in [6, 6.07) is 9.51. The molecule has 0 radical (unpaired) electrons. The Morgan fingerprint density at radius 3 is 2.81 bits per heavy atom. The molecule has 3 aromatic rings. The van der Waals surface area contributed by atoms with Gasteiger partial charge < -0.3 is 15.8 Å². The van der Waals surface area contributed by atoms with E-state index in [2.05, 4.69) is 15.3 Å². The smallest absolute Gasteiger partial charge is 0.223 e. The van der Waals surface area contributed by atoms with Crippen LogP contribution in [0.3, 0.4) is 0 Å². The molecule has 9 heteroatoms. The number of Topliss-reactive ketones (excluding diaryl/α,β-unsaturated/α-hetero) is 1. The van der Waals surface area contributed by atoms with E-state index in [1.807, 2.05) is 37.3 Å². The van der Waals surface area contributed by atoms with Crippen molar-refractivity contribution in [2.75, 3.05) is 12.9 Å². The van der Waals surface area contributed by atoms with Crippen molar-refractivity contribution in [2.24, 2.45) is 11.7 Å². The molecule has 0 spiro atoms. The maximum atomic E-state index is 12.7. The van der Waals surface area contributed by atoms with E-state index >= 15 is 0 Å². The summed E-state index contributed by atoms with van der Waals surface area (Å²) in [6.45, 7) is 2.28. The minimum atomic E-state index is 0.0252. The van der Waals surface area contributed by atoms with Crippen LogP contribution < -0.4 is 15.8 Å². The number of rotatable bonds is 8. The van der Waals surface area contributed by atoms with Gasteiger partial charge in [0.05, 0.1) is 29.8 Å². The molecule has 1 saturated carbocycles. The average Bonchev–Trinajstić information content (AvgIpc) is 3.22. The lowest BCUT2D eigenvalue weighted by Gasteiger charge is -2.30. The number of fused-ring (bicyclic) bond motifs is 1. The van der Waals surface area contributed by atoms with Crippen molar-refractivity contribution in [3.05, 3.63) is 45.9 Å². The van der Waals surface area contributed by atoms with E-state index in [0.29, 0.717) is 17.2 Å². The van der Waals surface area contributed by atoms with Crippen LogP contribution in [0.15, 0.2) is 35.4 Å². The molecule has 2 aromatic heterocycles. The number of ether oxygens (including phenoxy) is 1. The minimum absolute atomic E-state index is 0.0252. The first-order valence-electron chi connectivity index (χ1n) is 10.0. The highest BCUT2D eigenvalue weighted by molar-refractivity contribution is 8.00. The number of amides is 1. The largest absolute Gasteiger partial charge is 0.497 e. The van der Waals surface area contributed by atoms with Crippen LogP contribution in [-0.4, -0.2) is 40.6 Å². The van der Waals surface area contributed by atoms with E-state index in [-0.39, 0.29) is 29.4 Å². The van der Waals surface area contributed by atoms with Crippen LogP contribution in [0.25, 0.3) is 10.9 Å². The van der Waals surface area contributed by atoms with Crippen molar-refractivity contribution in [3.63, 3.8) is 0 Å². The normalized spacial score (nSPS) is 17.9. The number of aromatic nitrogens is 2. The number of benzene rings is 1. The molecule has 1 aliphatic rings. The van der Waals surface area contributed by atoms with Crippen molar-refractivity contribution >= 4 is 45.7 Å². The standard InChI is InChI=1S/C22H24N4O3S2/c1-12-25-18-5-3-15(29-2)9-17(18)22(26-12)30-11-19(27)20-6-4-16(31-20)10-24-21(28)13-7-14(23)8-13/h3-6,9,13-14H,7-8,10-11,23H2,1-2H3,(H,24,28). The van der Waals surface area contributed by atoms with E-state index in [1.54, 1.807) is 7.11 Å². The van der Waals surface area contributed by atoms with E-state index in [1.165, 1.54) is 23.1 Å². The Hall–Kier alpha value is -2.49. The Balaban J connectivity index is 1.38. The first-order chi connectivity index (χ1) is 14.9. The summed E-state index contributed by atoms with van der Waals surface area (Å²) in [7, 11) is 1.62. The number of ketones is 1. The highest BCUT2D eigenvalue weighted by atomic mass is 32.2. The van der Waals surface area contributed by atoms with Crippen molar-refractivity contribution in [1.29, 1.82) is 0 Å². The lowest BCUT2D eigenvalue weighted by molar-refractivity contribution is -0.128. The maximum Gasteiger partial charge on any atom is 0.223 e. The first kappa shape index (κ1) is 21.7. The van der Waals surface area contributed by atoms with Gasteiger partial charge in [0.15, 0.2) is 5.78 Å². The second-order valence-corrected chi connectivity index (χ2v) is 9.72. The number of methoxy groups -OCH3 is 1. The zero-order valence-corrected chi connectivity index (χ0v) is 19.0. The SMILES string of the molecule is COc1ccc2nc(C)nc(SCC(=O)c3ccc(CNC(=O)C4CC(N)C4)s3)c2c1. The fraction of sp³-hybridized carbons (Fsp3) is 0.364. The van der Waals surface area contributed by atoms with Gasteiger partial charge in [-0.1, -0.05) is 11.8 Å². The third-order valence-electron chi connectivity index (χ3n) is 5.24. The number of carbonyl (C=O) groups is 2. The van der Waals surface area contributed by atoms with Crippen LogP contribution in [0.4, 0.5) is 0 Å². The van der Waals surface area contributed by atoms with Gasteiger partial charge in [0, 0.05) is 22.2 Å². The highest BCUT2D eigenvalue weighted by Gasteiger charge is 2.31. The Morgan fingerprint density at radius 2 is 2.06 bits per heavy atom. The molecule has 7 nitrogen and oxygen atoms in total. The number of carbonyl (C=O) groups excluding carboxylic acids is 2. The maximum absolute atomic E-state index is 12.7. The number of thioether (sulfide) groups is 1. The molecule has 1 aliphatic carbocycles. The van der Waals surface area contributed by atoms with Crippen LogP contribution >= 0.6 is 23.1 Å². The van der Waals surface area contributed by atoms with Gasteiger partial charge in [0.2, 0.25) is 5.91 Å². The Labute approximate surface area is 188 Å². The van der Waals surface area contributed by atoms with Crippen molar-refractivity contribution < 1.29 is 14.3 Å². The molecule has 2 heterocycles. The molecular formula is C22H24N4O3S2. The molecule has 0 saturated heterocycles. The summed E-state index contributed by atoms with van der Waals surface area (Å²) in [4.78, 5) is 35.4. The van der Waals surface area contributed by atoms with Crippen molar-refractivity contribution in [2.45, 2.75) is 37.4 Å². The first-order valence-corrected chi connectivity index (χ1v) is 11.8. The number of nitrogens with two attached hydrogens (primary N) is 1. The molecule has 0 bridgehead atoms. The molecule has 1 fully saturated rings. The van der Waals surface area contributed by atoms with E-state index in [0.717, 1.165) is 39.4 Å². The van der Waals surface area contributed by atoms with Gasteiger partial charge in [-0.15, -0.1) is 11.3 Å². The number of hydrogen-bond acceptors (Lipinski definition) is 8. The third-order valence-corrected chi connectivity index (χ3v) is 7.36. The molecule has 31 heavy (non-hydrogen) atoms. The summed E-state index contributed by atoms with van der Waals surface area (Å²) in [5.74, 6) is 1.76. The predicted molar refractivity (Wildman–Crippen MR) is 123 cm³/mol. The molecule has 0 atom stereocenters. The summed E-state index contributed by atoms with van der Waals surface area (Å²) < 4.78 is 5.31. The second-order valence-electron chi connectivity index (χ2n) is 7.58. The fourth-order valence-corrected chi connectivity index (χ4v) is 5.37. The number of nitrogens with one attached hydrogen (secondary N) is 1. The number of nitrogens with zero attached hydrogens (tertiary/aromatic N) is 2. The Morgan fingerprint density at radius 1 is 1.26 bits per heavy atom. The molecule has 1 amide bonds. The van der Waals surface area contributed by atoms with Gasteiger partial charge in [0.25, 0.3) is 0 Å². The molecule has 162 valence electrons. The molecular weight excluding hydrogens is 432 g/mol. The summed E-state index contributed by atoms with van der Waals surface area (Å²) in [5, 5.41) is 4.57. The highest BCUT2D eigenvalue weighted by Crippen LogP contribution is 2.30. The van der Waals surface area contributed by atoms with Gasteiger partial charge in [-0.2, -0.15) is 0 Å². The van der Waals surface area contributed by atoms with Gasteiger partial charge >= 0.3 is 0 Å². The van der Waals surface area contributed by atoms with Gasteiger partial charge in [-0.05, 0) is 50.1 Å². The molecule has 1 aromatic carbocycles. The van der Waals surface area contributed by atoms with Crippen LogP contribution in [0.2, 0.25) is 0 Å². The van der Waals surface area contributed by atoms with Crippen LogP contribution in [0.5, 0.6) is 5.75 Å². The number of aryl methyl sites for hydroxylation is 1. The zero-order chi connectivity index (χ0) is 22.0. The molecule has 4 rings (SSSR count). The molecule has 3 N–H and O–H groups in total. The Bertz CT molecular complexity index is 1130. The Kier molecular flexibility index (Phi) is 6.54. The van der Waals surface area contributed by atoms with E-state index in [4.69, 9.17) is 10.5 Å². The van der Waals surface area contributed by atoms with Gasteiger partial charge in [-0.3, -0.25) is 9.59 Å². The second kappa shape index (κ2) is 9.33. The molecule has 0 aliphatic heterocycles. The zero-order valence-electron chi connectivity index (χ0n) is 17.4. The lowest BCUT2D eigenvalue weighted by atomic mass is 9.80. The van der Waals surface area contributed by atoms with Crippen molar-refractivity contribution in [1.82, 2.24) is 15.3 Å². The fourth-order valence-electron chi connectivity index (χ4n) is 3.45. The lowest BCUT2D eigenvalue weighted by Crippen LogP contribution is -2.44. The number of thiophene rings is 1. The monoisotopic (exact) mass is 456 g/mol. The van der Waals surface area contributed by atoms with E-state index < -0.39 is 0 Å². The van der Waals surface area contributed by atoms with Gasteiger partial charge in [-0.25, -0.2) is 9.97 Å².